The Bertz CT molecular complexity index is 942. The van der Waals surface area contributed by atoms with E-state index in [1.54, 1.807) is 11.8 Å². The minimum Gasteiger partial charge on any atom is -0.271 e. The van der Waals surface area contributed by atoms with E-state index in [2.05, 4.69) is 90.4 Å². The highest BCUT2D eigenvalue weighted by Gasteiger charge is 2.28. The number of thioether (sulfide) groups is 1. The highest BCUT2D eigenvalue weighted by atomic mass is 79.9. The summed E-state index contributed by atoms with van der Waals surface area (Å²) in [5.41, 5.74) is 2.63. The second-order valence-electron chi connectivity index (χ2n) is 6.77. The quantitative estimate of drug-likeness (QED) is 0.459. The van der Waals surface area contributed by atoms with Gasteiger partial charge in [0.1, 0.15) is 5.04 Å². The maximum atomic E-state index is 5.05. The third-order valence-electron chi connectivity index (χ3n) is 4.31. The summed E-state index contributed by atoms with van der Waals surface area (Å²) in [6.07, 6.45) is 0.980. The molecule has 0 spiro atoms. The summed E-state index contributed by atoms with van der Waals surface area (Å²) < 4.78 is 1.10. The van der Waals surface area contributed by atoms with Crippen LogP contribution in [0.3, 0.4) is 0 Å². The molecule has 1 heterocycles. The topological polar surface area (TPSA) is 12.4 Å². The molecular weight excluding hydrogens is 378 g/mol. The van der Waals surface area contributed by atoms with Gasteiger partial charge in [-0.1, -0.05) is 64.1 Å². The first-order valence-corrected chi connectivity index (χ1v) is 9.67. The van der Waals surface area contributed by atoms with Crippen molar-refractivity contribution in [1.29, 1.82) is 0 Å². The summed E-state index contributed by atoms with van der Waals surface area (Å²) in [5.74, 6) is 0. The molecule has 0 fully saturated rings. The third-order valence-corrected chi connectivity index (χ3v) is 5.85. The fourth-order valence-corrected chi connectivity index (χ4v) is 4.58. The van der Waals surface area contributed by atoms with Crippen molar-refractivity contribution in [3.63, 3.8) is 0 Å². The standard InChI is InChI=1S/C21H18BrNS/c1-21(2)13-19-17-6-4-3-5-14(17)7-12-18(19)20(23-21)24-16-10-8-15(22)9-11-16/h3-12H,13H2,1-2H3. The number of hydrogen-bond donors (Lipinski definition) is 0. The first-order chi connectivity index (χ1) is 11.5. The van der Waals surface area contributed by atoms with Crippen molar-refractivity contribution in [2.45, 2.75) is 30.7 Å². The second-order valence-corrected chi connectivity index (χ2v) is 8.75. The van der Waals surface area contributed by atoms with E-state index in [0.717, 1.165) is 15.9 Å². The van der Waals surface area contributed by atoms with Crippen molar-refractivity contribution in [3.05, 3.63) is 76.3 Å². The van der Waals surface area contributed by atoms with Gasteiger partial charge in [-0.15, -0.1) is 0 Å². The third kappa shape index (κ3) is 3.03. The van der Waals surface area contributed by atoms with E-state index in [1.165, 1.54) is 26.8 Å². The summed E-state index contributed by atoms with van der Waals surface area (Å²) in [5, 5.41) is 3.78. The minimum atomic E-state index is -0.0746. The maximum Gasteiger partial charge on any atom is 0.103 e. The average molecular weight is 396 g/mol. The highest BCUT2D eigenvalue weighted by Crippen LogP contribution is 2.37. The summed E-state index contributed by atoms with van der Waals surface area (Å²) in [4.78, 5) is 6.26. The molecule has 3 heteroatoms. The molecule has 1 nitrogen and oxygen atoms in total. The van der Waals surface area contributed by atoms with Gasteiger partial charge < -0.3 is 0 Å². The summed E-state index contributed by atoms with van der Waals surface area (Å²) in [6.45, 7) is 4.44. The number of rotatable bonds is 1. The van der Waals surface area contributed by atoms with Crippen LogP contribution in [-0.4, -0.2) is 10.6 Å². The molecule has 0 saturated heterocycles. The van der Waals surface area contributed by atoms with Gasteiger partial charge in [-0.25, -0.2) is 0 Å². The number of benzene rings is 3. The van der Waals surface area contributed by atoms with Crippen LogP contribution in [0, 0.1) is 0 Å². The Labute approximate surface area is 155 Å². The van der Waals surface area contributed by atoms with Crippen LogP contribution in [0.25, 0.3) is 10.8 Å². The molecule has 0 amide bonds. The maximum absolute atomic E-state index is 5.05. The Kier molecular flexibility index (Phi) is 4.01. The SMILES string of the molecule is CC1(C)Cc2c(ccc3ccccc23)C(Sc2ccc(Br)cc2)=N1. The molecule has 3 aromatic rings. The fourth-order valence-electron chi connectivity index (χ4n) is 3.23. The number of fused-ring (bicyclic) bond motifs is 3. The van der Waals surface area contributed by atoms with Gasteiger partial charge in [0.15, 0.2) is 0 Å². The molecule has 1 aliphatic heterocycles. The van der Waals surface area contributed by atoms with Crippen molar-refractivity contribution >= 4 is 43.5 Å². The van der Waals surface area contributed by atoms with Gasteiger partial charge in [-0.05, 0) is 60.9 Å². The lowest BCUT2D eigenvalue weighted by molar-refractivity contribution is 0.517. The van der Waals surface area contributed by atoms with Gasteiger partial charge in [-0.3, -0.25) is 4.99 Å². The molecule has 0 radical (unpaired) electrons. The molecule has 0 bridgehead atoms. The van der Waals surface area contributed by atoms with Crippen molar-refractivity contribution in [3.8, 4) is 0 Å². The van der Waals surface area contributed by atoms with Crippen LogP contribution < -0.4 is 0 Å². The lowest BCUT2D eigenvalue weighted by atomic mass is 9.86. The van der Waals surface area contributed by atoms with Crippen molar-refractivity contribution in [2.75, 3.05) is 0 Å². The molecule has 120 valence electrons. The highest BCUT2D eigenvalue weighted by molar-refractivity contribution is 9.10. The number of nitrogens with zero attached hydrogens (tertiary/aromatic N) is 1. The van der Waals surface area contributed by atoms with Crippen molar-refractivity contribution in [1.82, 2.24) is 0 Å². The van der Waals surface area contributed by atoms with Gasteiger partial charge >= 0.3 is 0 Å². The molecule has 3 aromatic carbocycles. The van der Waals surface area contributed by atoms with E-state index in [1.807, 2.05) is 0 Å². The van der Waals surface area contributed by atoms with Gasteiger partial charge in [0.05, 0.1) is 5.54 Å². The fraction of sp³-hybridized carbons (Fsp3) is 0.190. The van der Waals surface area contributed by atoms with Crippen LogP contribution in [-0.2, 0) is 6.42 Å². The molecule has 0 aromatic heterocycles. The molecule has 1 aliphatic rings. The Hall–Kier alpha value is -1.58. The van der Waals surface area contributed by atoms with E-state index in [0.29, 0.717) is 0 Å². The second kappa shape index (κ2) is 6.05. The number of hydrogen-bond acceptors (Lipinski definition) is 2. The lowest BCUT2D eigenvalue weighted by Gasteiger charge is -2.29. The Morgan fingerprint density at radius 1 is 0.958 bits per heavy atom. The van der Waals surface area contributed by atoms with Crippen LogP contribution in [0.1, 0.15) is 25.0 Å². The minimum absolute atomic E-state index is 0.0746. The van der Waals surface area contributed by atoms with Crippen LogP contribution in [0.15, 0.2) is 75.0 Å². The smallest absolute Gasteiger partial charge is 0.103 e. The molecule has 0 N–H and O–H groups in total. The van der Waals surface area contributed by atoms with E-state index >= 15 is 0 Å². The van der Waals surface area contributed by atoms with Crippen LogP contribution >= 0.6 is 27.7 Å². The Balaban J connectivity index is 1.84. The molecular formula is C21H18BrNS. The van der Waals surface area contributed by atoms with Gasteiger partial charge in [0, 0.05) is 14.9 Å². The van der Waals surface area contributed by atoms with Crippen LogP contribution in [0.4, 0.5) is 0 Å². The van der Waals surface area contributed by atoms with E-state index in [4.69, 9.17) is 4.99 Å². The van der Waals surface area contributed by atoms with Crippen molar-refractivity contribution < 1.29 is 0 Å². The van der Waals surface area contributed by atoms with E-state index in [9.17, 15) is 0 Å². The van der Waals surface area contributed by atoms with E-state index < -0.39 is 0 Å². The van der Waals surface area contributed by atoms with Gasteiger partial charge in [0.2, 0.25) is 0 Å². The first kappa shape index (κ1) is 15.9. The zero-order valence-electron chi connectivity index (χ0n) is 13.7. The normalized spacial score (nSPS) is 15.9. The molecule has 0 aliphatic carbocycles. The molecule has 24 heavy (non-hydrogen) atoms. The van der Waals surface area contributed by atoms with E-state index in [-0.39, 0.29) is 5.54 Å². The monoisotopic (exact) mass is 395 g/mol. The van der Waals surface area contributed by atoms with Gasteiger partial charge in [0.25, 0.3) is 0 Å². The summed E-state index contributed by atoms with van der Waals surface area (Å²) >= 11 is 5.26. The number of halogens is 1. The Morgan fingerprint density at radius 3 is 2.50 bits per heavy atom. The summed E-state index contributed by atoms with van der Waals surface area (Å²) in [6, 6.07) is 21.5. The van der Waals surface area contributed by atoms with Crippen molar-refractivity contribution in [2.24, 2.45) is 4.99 Å². The predicted octanol–water partition coefficient (Wildman–Crippen LogP) is 6.48. The van der Waals surface area contributed by atoms with Crippen LogP contribution in [0.5, 0.6) is 0 Å². The summed E-state index contributed by atoms with van der Waals surface area (Å²) in [7, 11) is 0. The first-order valence-electron chi connectivity index (χ1n) is 8.06. The molecule has 0 unspecified atom stereocenters. The molecule has 0 saturated carbocycles. The average Bonchev–Trinajstić information content (AvgIpc) is 2.56. The Morgan fingerprint density at radius 2 is 1.71 bits per heavy atom. The molecule has 0 atom stereocenters. The van der Waals surface area contributed by atoms with Gasteiger partial charge in [-0.2, -0.15) is 0 Å². The zero-order valence-corrected chi connectivity index (χ0v) is 16.1. The van der Waals surface area contributed by atoms with Crippen LogP contribution in [0.2, 0.25) is 0 Å². The zero-order chi connectivity index (χ0) is 16.7. The predicted molar refractivity (Wildman–Crippen MR) is 108 cm³/mol. The number of aliphatic imine (C=N–C) groups is 1. The largest absolute Gasteiger partial charge is 0.271 e. The molecule has 4 rings (SSSR count). The lowest BCUT2D eigenvalue weighted by Crippen LogP contribution is -2.28.